The highest BCUT2D eigenvalue weighted by Gasteiger charge is 2.38. The molecule has 0 aliphatic carbocycles. The summed E-state index contributed by atoms with van der Waals surface area (Å²) in [6.07, 6.45) is -5.03. The van der Waals surface area contributed by atoms with E-state index < -0.39 is 73.9 Å². The van der Waals surface area contributed by atoms with Crippen molar-refractivity contribution in [1.82, 2.24) is 9.78 Å². The standard InChI is InChI=1S/C19H17Cl2F6N3O3S/c1-4-13(31)29(8-14(32)33-5-2)17-16(34-19(25,26)27)9(3)28-30(17)15-11(20)6-10(7-12(15)21)18(22,23)24/h6-7H,4-5,8H2,1-3H3. The summed E-state index contributed by atoms with van der Waals surface area (Å²) in [5, 5.41) is 2.79. The van der Waals surface area contributed by atoms with E-state index in [1.807, 2.05) is 0 Å². The van der Waals surface area contributed by atoms with Gasteiger partial charge in [0.2, 0.25) is 5.91 Å². The van der Waals surface area contributed by atoms with Gasteiger partial charge in [0.25, 0.3) is 0 Å². The summed E-state index contributed by atoms with van der Waals surface area (Å²) in [6, 6.07) is 1.05. The van der Waals surface area contributed by atoms with Gasteiger partial charge in [-0.2, -0.15) is 31.4 Å². The maximum absolute atomic E-state index is 13.3. The summed E-state index contributed by atoms with van der Waals surface area (Å²) in [6.45, 7) is 3.24. The SMILES string of the molecule is CCOC(=O)CN(C(=O)CC)c1c(SC(F)(F)F)c(C)nn1-c1c(Cl)cc(C(F)(F)F)cc1Cl. The first-order valence-corrected chi connectivity index (χ1v) is 11.1. The molecule has 34 heavy (non-hydrogen) atoms. The van der Waals surface area contributed by atoms with Crippen molar-refractivity contribution < 1.29 is 40.7 Å². The van der Waals surface area contributed by atoms with Crippen molar-refractivity contribution in [3.63, 3.8) is 0 Å². The molecule has 1 amide bonds. The van der Waals surface area contributed by atoms with E-state index in [1.165, 1.54) is 20.8 Å². The van der Waals surface area contributed by atoms with Gasteiger partial charge in [-0.05, 0) is 37.7 Å². The van der Waals surface area contributed by atoms with Gasteiger partial charge in [0.15, 0.2) is 5.82 Å². The molecule has 1 heterocycles. The van der Waals surface area contributed by atoms with Gasteiger partial charge in [-0.1, -0.05) is 30.1 Å². The van der Waals surface area contributed by atoms with E-state index in [0.717, 1.165) is 4.68 Å². The smallest absolute Gasteiger partial charge is 0.446 e. The number of aromatic nitrogens is 2. The lowest BCUT2D eigenvalue weighted by Gasteiger charge is -2.24. The zero-order valence-corrected chi connectivity index (χ0v) is 20.1. The number of carbonyl (C=O) groups excluding carboxylic acids is 2. The first-order chi connectivity index (χ1) is 15.6. The van der Waals surface area contributed by atoms with E-state index in [1.54, 1.807) is 0 Å². The Morgan fingerprint density at radius 2 is 1.68 bits per heavy atom. The van der Waals surface area contributed by atoms with Gasteiger partial charge >= 0.3 is 17.7 Å². The van der Waals surface area contributed by atoms with Crippen LogP contribution in [0.25, 0.3) is 5.69 Å². The van der Waals surface area contributed by atoms with Crippen LogP contribution in [0.1, 0.15) is 31.5 Å². The molecular formula is C19H17Cl2F6N3O3S. The molecule has 0 radical (unpaired) electrons. The minimum absolute atomic E-state index is 0.0635. The van der Waals surface area contributed by atoms with Crippen LogP contribution in [0.4, 0.5) is 32.2 Å². The monoisotopic (exact) mass is 551 g/mol. The van der Waals surface area contributed by atoms with Crippen LogP contribution in [0.5, 0.6) is 0 Å². The fourth-order valence-corrected chi connectivity index (χ4v) is 4.22. The van der Waals surface area contributed by atoms with Crippen molar-refractivity contribution in [3.8, 4) is 5.69 Å². The highest BCUT2D eigenvalue weighted by Crippen LogP contribution is 2.46. The number of nitrogens with zero attached hydrogens (tertiary/aromatic N) is 3. The Morgan fingerprint density at radius 3 is 2.12 bits per heavy atom. The first kappa shape index (κ1) is 28.1. The van der Waals surface area contributed by atoms with E-state index in [-0.39, 0.29) is 18.7 Å². The van der Waals surface area contributed by atoms with E-state index in [4.69, 9.17) is 27.9 Å². The third-order valence-corrected chi connectivity index (χ3v) is 5.70. The predicted molar refractivity (Wildman–Crippen MR) is 115 cm³/mol. The predicted octanol–water partition coefficient (Wildman–Crippen LogP) is 6.42. The first-order valence-electron chi connectivity index (χ1n) is 9.48. The molecule has 0 saturated carbocycles. The minimum Gasteiger partial charge on any atom is -0.465 e. The van der Waals surface area contributed by atoms with Crippen molar-refractivity contribution in [3.05, 3.63) is 33.4 Å². The number of amides is 1. The minimum atomic E-state index is -4.83. The van der Waals surface area contributed by atoms with Crippen LogP contribution in [0, 0.1) is 6.92 Å². The van der Waals surface area contributed by atoms with E-state index in [2.05, 4.69) is 5.10 Å². The number of hydrogen-bond acceptors (Lipinski definition) is 5. The fraction of sp³-hybridized carbons (Fsp3) is 0.421. The average Bonchev–Trinajstić information content (AvgIpc) is 2.98. The molecule has 0 aliphatic rings. The Labute approximate surface area is 204 Å². The number of halogens is 8. The quantitative estimate of drug-likeness (QED) is 0.225. The van der Waals surface area contributed by atoms with Crippen molar-refractivity contribution in [2.75, 3.05) is 18.1 Å². The lowest BCUT2D eigenvalue weighted by Crippen LogP contribution is -2.38. The van der Waals surface area contributed by atoms with Gasteiger partial charge in [-0.3, -0.25) is 14.5 Å². The van der Waals surface area contributed by atoms with Gasteiger partial charge in [-0.25, -0.2) is 4.68 Å². The molecule has 0 fully saturated rings. The number of carbonyl (C=O) groups is 2. The largest absolute Gasteiger partial charge is 0.465 e. The van der Waals surface area contributed by atoms with Crippen molar-refractivity contribution in [2.24, 2.45) is 0 Å². The molecule has 15 heteroatoms. The molecule has 0 spiro atoms. The fourth-order valence-electron chi connectivity index (χ4n) is 2.87. The maximum Gasteiger partial charge on any atom is 0.446 e. The van der Waals surface area contributed by atoms with Crippen LogP contribution in [0.15, 0.2) is 17.0 Å². The molecule has 188 valence electrons. The summed E-state index contributed by atoms with van der Waals surface area (Å²) < 4.78 is 85.0. The molecule has 0 atom stereocenters. The molecule has 0 saturated heterocycles. The number of hydrogen-bond donors (Lipinski definition) is 0. The molecule has 2 rings (SSSR count). The van der Waals surface area contributed by atoms with Crippen LogP contribution >= 0.6 is 35.0 Å². The van der Waals surface area contributed by atoms with Crippen molar-refractivity contribution >= 4 is 52.7 Å². The summed E-state index contributed by atoms with van der Waals surface area (Å²) in [4.78, 5) is 25.0. The molecule has 0 N–H and O–H groups in total. The third kappa shape index (κ3) is 6.51. The van der Waals surface area contributed by atoms with Crippen molar-refractivity contribution in [1.29, 1.82) is 0 Å². The summed E-state index contributed by atoms with van der Waals surface area (Å²) in [7, 11) is 0. The molecule has 1 aromatic carbocycles. The van der Waals surface area contributed by atoms with Gasteiger partial charge < -0.3 is 4.74 Å². The van der Waals surface area contributed by atoms with Gasteiger partial charge in [0.05, 0.1) is 32.8 Å². The summed E-state index contributed by atoms with van der Waals surface area (Å²) >= 11 is 11.5. The number of thioether (sulfide) groups is 1. The second-order valence-corrected chi connectivity index (χ2v) is 8.51. The van der Waals surface area contributed by atoms with Gasteiger partial charge in [0.1, 0.15) is 12.2 Å². The highest BCUT2D eigenvalue weighted by atomic mass is 35.5. The topological polar surface area (TPSA) is 64.4 Å². The molecule has 2 aromatic rings. The molecule has 0 unspecified atom stereocenters. The van der Waals surface area contributed by atoms with Crippen LogP contribution in [-0.2, 0) is 20.5 Å². The van der Waals surface area contributed by atoms with Crippen molar-refractivity contribution in [2.45, 2.75) is 43.8 Å². The van der Waals surface area contributed by atoms with E-state index >= 15 is 0 Å². The number of rotatable bonds is 7. The van der Waals surface area contributed by atoms with E-state index in [0.29, 0.717) is 17.0 Å². The normalized spacial score (nSPS) is 12.1. The lowest BCUT2D eigenvalue weighted by atomic mass is 10.2. The maximum atomic E-state index is 13.3. The number of aryl methyl sites for hydroxylation is 1. The number of anilines is 1. The zero-order valence-electron chi connectivity index (χ0n) is 17.8. The third-order valence-electron chi connectivity index (χ3n) is 4.21. The highest BCUT2D eigenvalue weighted by molar-refractivity contribution is 8.00. The number of benzene rings is 1. The molecule has 6 nitrogen and oxygen atoms in total. The second kappa shape index (κ2) is 10.6. The molecule has 0 bridgehead atoms. The number of esters is 1. The Balaban J connectivity index is 2.86. The van der Waals surface area contributed by atoms with E-state index in [9.17, 15) is 35.9 Å². The summed E-state index contributed by atoms with van der Waals surface area (Å²) in [5.41, 5.74) is -6.66. The Kier molecular flexibility index (Phi) is 8.81. The van der Waals surface area contributed by atoms with Crippen LogP contribution in [0.3, 0.4) is 0 Å². The Morgan fingerprint density at radius 1 is 1.12 bits per heavy atom. The Hall–Kier alpha value is -2.12. The Bertz CT molecular complexity index is 1070. The van der Waals surface area contributed by atoms with Crippen LogP contribution < -0.4 is 4.90 Å². The summed E-state index contributed by atoms with van der Waals surface area (Å²) in [5.74, 6) is -2.25. The second-order valence-electron chi connectivity index (χ2n) is 6.62. The molecular weight excluding hydrogens is 535 g/mol. The van der Waals surface area contributed by atoms with Crippen LogP contribution in [0.2, 0.25) is 10.0 Å². The number of alkyl halides is 6. The lowest BCUT2D eigenvalue weighted by molar-refractivity contribution is -0.142. The van der Waals surface area contributed by atoms with Gasteiger partial charge in [-0.15, -0.1) is 0 Å². The zero-order chi connectivity index (χ0) is 26.0. The molecule has 0 aliphatic heterocycles. The van der Waals surface area contributed by atoms with Crippen LogP contribution in [-0.4, -0.2) is 40.3 Å². The average molecular weight is 552 g/mol. The van der Waals surface area contributed by atoms with Gasteiger partial charge in [0, 0.05) is 6.42 Å². The number of ether oxygens (including phenoxy) is 1. The molecule has 1 aromatic heterocycles.